The van der Waals surface area contributed by atoms with Crippen molar-refractivity contribution in [2.45, 2.75) is 26.4 Å². The summed E-state index contributed by atoms with van der Waals surface area (Å²) in [5, 5.41) is 8.90. The second-order valence-electron chi connectivity index (χ2n) is 4.18. The van der Waals surface area contributed by atoms with Gasteiger partial charge in [0.2, 0.25) is 0 Å². The average molecular weight is 221 g/mol. The van der Waals surface area contributed by atoms with E-state index >= 15 is 0 Å². The van der Waals surface area contributed by atoms with Crippen molar-refractivity contribution in [2.24, 2.45) is 5.92 Å². The molecule has 1 aliphatic rings. The molecular formula is C12H15NO3. The first-order valence-electron chi connectivity index (χ1n) is 5.43. The summed E-state index contributed by atoms with van der Waals surface area (Å²) in [5.74, 6) is -1.12. The first-order chi connectivity index (χ1) is 7.68. The molecule has 16 heavy (non-hydrogen) atoms. The number of aromatic nitrogens is 1. The third kappa shape index (κ3) is 2.22. The Balaban J connectivity index is 2.24. The zero-order valence-corrected chi connectivity index (χ0v) is 9.27. The Morgan fingerprint density at radius 3 is 3.19 bits per heavy atom. The molecule has 1 aromatic rings. The molecule has 1 unspecified atom stereocenters. The molecule has 2 rings (SSSR count). The average Bonchev–Trinajstić information content (AvgIpc) is 2.29. The Morgan fingerprint density at radius 1 is 1.62 bits per heavy atom. The van der Waals surface area contributed by atoms with Gasteiger partial charge in [-0.1, -0.05) is 6.92 Å². The molecule has 0 spiro atoms. The van der Waals surface area contributed by atoms with E-state index in [1.54, 1.807) is 13.1 Å². The van der Waals surface area contributed by atoms with Crippen LogP contribution in [0.5, 0.6) is 0 Å². The van der Waals surface area contributed by atoms with Crippen LogP contribution in [0.4, 0.5) is 0 Å². The van der Waals surface area contributed by atoms with Gasteiger partial charge in [0, 0.05) is 12.4 Å². The van der Waals surface area contributed by atoms with Crippen molar-refractivity contribution in [3.63, 3.8) is 0 Å². The molecule has 0 fully saturated rings. The zero-order valence-electron chi connectivity index (χ0n) is 9.27. The first kappa shape index (κ1) is 11.1. The number of aliphatic carboxylic acids is 1. The molecule has 86 valence electrons. The minimum Gasteiger partial charge on any atom is -0.481 e. The lowest BCUT2D eigenvalue weighted by Crippen LogP contribution is -2.17. The van der Waals surface area contributed by atoms with Gasteiger partial charge in [0.1, 0.15) is 0 Å². The summed E-state index contributed by atoms with van der Waals surface area (Å²) in [6.07, 6.45) is 5.00. The van der Waals surface area contributed by atoms with Crippen LogP contribution < -0.4 is 0 Å². The minimum absolute atomic E-state index is 0.365. The highest BCUT2D eigenvalue weighted by atomic mass is 16.5. The maximum atomic E-state index is 10.8. The number of ether oxygens (including phenoxy) is 1. The van der Waals surface area contributed by atoms with E-state index in [1.807, 2.05) is 6.20 Å². The van der Waals surface area contributed by atoms with Gasteiger partial charge in [-0.15, -0.1) is 0 Å². The van der Waals surface area contributed by atoms with Crippen molar-refractivity contribution in [3.05, 3.63) is 29.1 Å². The number of hydrogen-bond acceptors (Lipinski definition) is 3. The monoisotopic (exact) mass is 221 g/mol. The quantitative estimate of drug-likeness (QED) is 0.838. The molecule has 2 heterocycles. The van der Waals surface area contributed by atoms with Crippen molar-refractivity contribution < 1.29 is 14.6 Å². The van der Waals surface area contributed by atoms with Crippen LogP contribution in [0.3, 0.4) is 0 Å². The Kier molecular flexibility index (Phi) is 3.19. The van der Waals surface area contributed by atoms with Gasteiger partial charge in [-0.25, -0.2) is 0 Å². The van der Waals surface area contributed by atoms with Crippen LogP contribution in [0.15, 0.2) is 12.4 Å². The van der Waals surface area contributed by atoms with Gasteiger partial charge in [-0.05, 0) is 29.5 Å². The Labute approximate surface area is 94.3 Å². The fraction of sp³-hybridized carbons (Fsp3) is 0.500. The maximum Gasteiger partial charge on any atom is 0.306 e. The molecule has 1 aromatic heterocycles. The minimum atomic E-state index is -0.760. The van der Waals surface area contributed by atoms with Crippen molar-refractivity contribution in [1.82, 2.24) is 4.98 Å². The van der Waals surface area contributed by atoms with E-state index in [9.17, 15) is 4.79 Å². The molecule has 0 radical (unpaired) electrons. The van der Waals surface area contributed by atoms with Crippen molar-refractivity contribution in [3.8, 4) is 0 Å². The van der Waals surface area contributed by atoms with Gasteiger partial charge >= 0.3 is 5.97 Å². The van der Waals surface area contributed by atoms with E-state index in [-0.39, 0.29) is 5.92 Å². The van der Waals surface area contributed by atoms with Crippen LogP contribution in [0, 0.1) is 5.92 Å². The van der Waals surface area contributed by atoms with Gasteiger partial charge < -0.3 is 9.84 Å². The summed E-state index contributed by atoms with van der Waals surface area (Å²) in [4.78, 5) is 15.0. The topological polar surface area (TPSA) is 59.4 Å². The summed E-state index contributed by atoms with van der Waals surface area (Å²) in [6, 6.07) is 0. The van der Waals surface area contributed by atoms with E-state index in [0.717, 1.165) is 17.5 Å². The standard InChI is InChI=1S/C12H15NO3/c1-8(12(14)15)4-9-5-13-6-10-7-16-3-2-11(9)10/h5-6,8H,2-4,7H2,1H3,(H,14,15). The molecule has 0 aliphatic carbocycles. The van der Waals surface area contributed by atoms with E-state index in [4.69, 9.17) is 9.84 Å². The van der Waals surface area contributed by atoms with Crippen LogP contribution in [0.25, 0.3) is 0 Å². The number of carbonyl (C=O) groups is 1. The molecule has 1 aliphatic heterocycles. The zero-order chi connectivity index (χ0) is 11.5. The predicted octanol–water partition coefficient (Wildman–Crippen LogP) is 1.42. The van der Waals surface area contributed by atoms with Crippen LogP contribution in [-0.2, 0) is 29.0 Å². The van der Waals surface area contributed by atoms with Crippen LogP contribution >= 0.6 is 0 Å². The van der Waals surface area contributed by atoms with Crippen molar-refractivity contribution >= 4 is 5.97 Å². The molecule has 0 saturated heterocycles. The summed E-state index contributed by atoms with van der Waals surface area (Å²) in [5.41, 5.74) is 3.38. The summed E-state index contributed by atoms with van der Waals surface area (Å²) >= 11 is 0. The number of carboxylic acids is 1. The molecule has 1 N–H and O–H groups in total. The highest BCUT2D eigenvalue weighted by Gasteiger charge is 2.18. The number of carboxylic acid groups (broad SMARTS) is 1. The second kappa shape index (κ2) is 4.61. The van der Waals surface area contributed by atoms with Gasteiger partial charge in [-0.3, -0.25) is 9.78 Å². The van der Waals surface area contributed by atoms with E-state index < -0.39 is 5.97 Å². The summed E-state index contributed by atoms with van der Waals surface area (Å²) in [6.45, 7) is 3.03. The largest absolute Gasteiger partial charge is 0.481 e. The predicted molar refractivity (Wildman–Crippen MR) is 58.1 cm³/mol. The fourth-order valence-electron chi connectivity index (χ4n) is 1.97. The Morgan fingerprint density at radius 2 is 2.44 bits per heavy atom. The maximum absolute atomic E-state index is 10.8. The SMILES string of the molecule is CC(Cc1cncc2c1CCOC2)C(=O)O. The van der Waals surface area contributed by atoms with E-state index in [2.05, 4.69) is 4.98 Å². The second-order valence-corrected chi connectivity index (χ2v) is 4.18. The lowest BCUT2D eigenvalue weighted by atomic mass is 9.93. The third-order valence-corrected chi connectivity index (χ3v) is 2.94. The number of rotatable bonds is 3. The fourth-order valence-corrected chi connectivity index (χ4v) is 1.97. The van der Waals surface area contributed by atoms with E-state index in [1.165, 1.54) is 5.56 Å². The summed E-state index contributed by atoms with van der Waals surface area (Å²) < 4.78 is 5.35. The Hall–Kier alpha value is -1.42. The number of pyridine rings is 1. The molecule has 0 amide bonds. The Bertz CT molecular complexity index is 403. The number of fused-ring (bicyclic) bond motifs is 1. The first-order valence-corrected chi connectivity index (χ1v) is 5.43. The molecule has 0 saturated carbocycles. The number of hydrogen-bond donors (Lipinski definition) is 1. The molecule has 4 heteroatoms. The molecule has 4 nitrogen and oxygen atoms in total. The van der Waals surface area contributed by atoms with Crippen LogP contribution in [-0.4, -0.2) is 22.7 Å². The van der Waals surface area contributed by atoms with Gasteiger partial charge in [0.25, 0.3) is 0 Å². The lowest BCUT2D eigenvalue weighted by molar-refractivity contribution is -0.141. The highest BCUT2D eigenvalue weighted by Crippen LogP contribution is 2.21. The molecule has 1 atom stereocenters. The molecule has 0 aromatic carbocycles. The van der Waals surface area contributed by atoms with Crippen molar-refractivity contribution in [1.29, 1.82) is 0 Å². The smallest absolute Gasteiger partial charge is 0.306 e. The third-order valence-electron chi connectivity index (χ3n) is 2.94. The number of nitrogens with zero attached hydrogens (tertiary/aromatic N) is 1. The molecular weight excluding hydrogens is 206 g/mol. The highest BCUT2D eigenvalue weighted by molar-refractivity contribution is 5.70. The van der Waals surface area contributed by atoms with Crippen LogP contribution in [0.1, 0.15) is 23.6 Å². The molecule has 0 bridgehead atoms. The summed E-state index contributed by atoms with van der Waals surface area (Å²) in [7, 11) is 0. The van der Waals surface area contributed by atoms with Crippen molar-refractivity contribution in [2.75, 3.05) is 6.61 Å². The normalized spacial score (nSPS) is 16.6. The van der Waals surface area contributed by atoms with Crippen LogP contribution in [0.2, 0.25) is 0 Å². The lowest BCUT2D eigenvalue weighted by Gasteiger charge is -2.19. The van der Waals surface area contributed by atoms with Gasteiger partial charge in [0.05, 0.1) is 19.1 Å². The van der Waals surface area contributed by atoms with Gasteiger partial charge in [0.15, 0.2) is 0 Å². The van der Waals surface area contributed by atoms with Gasteiger partial charge in [-0.2, -0.15) is 0 Å². The van der Waals surface area contributed by atoms with E-state index in [0.29, 0.717) is 19.6 Å².